The summed E-state index contributed by atoms with van der Waals surface area (Å²) in [7, 11) is 0. The molecule has 0 aliphatic rings. The zero-order valence-corrected chi connectivity index (χ0v) is 15.7. The lowest BCUT2D eigenvalue weighted by Gasteiger charge is -2.11. The number of carbonyl (C=O) groups excluding carboxylic acids is 2. The molecule has 8 heteroatoms. The molecule has 0 aliphatic heterocycles. The van der Waals surface area contributed by atoms with E-state index in [1.807, 2.05) is 19.1 Å². The lowest BCUT2D eigenvalue weighted by atomic mass is 10.2. The number of hydrogen-bond acceptors (Lipinski definition) is 3. The number of rotatable bonds is 6. The maximum absolute atomic E-state index is 13.5. The fourth-order valence-electron chi connectivity index (χ4n) is 2.01. The molecule has 25 heavy (non-hydrogen) atoms. The molecule has 0 radical (unpaired) electrons. The second-order valence-corrected chi connectivity index (χ2v) is 6.61. The van der Waals surface area contributed by atoms with E-state index in [0.29, 0.717) is 10.7 Å². The highest BCUT2D eigenvalue weighted by atomic mass is 79.9. The first-order valence-corrected chi connectivity index (χ1v) is 8.54. The molecule has 0 aliphatic carbocycles. The van der Waals surface area contributed by atoms with E-state index in [1.54, 1.807) is 6.07 Å². The molecule has 0 unspecified atom stereocenters. The highest BCUT2D eigenvalue weighted by molar-refractivity contribution is 9.10. The van der Waals surface area contributed by atoms with Gasteiger partial charge in [0.2, 0.25) is 11.8 Å². The number of halogens is 3. The Morgan fingerprint density at radius 3 is 2.56 bits per heavy atom. The number of anilines is 2. The second-order valence-electron chi connectivity index (χ2n) is 5.26. The molecular formula is C17H16BrClFN3O2. The van der Waals surface area contributed by atoms with E-state index >= 15 is 0 Å². The molecule has 2 aromatic carbocycles. The summed E-state index contributed by atoms with van der Waals surface area (Å²) >= 11 is 9.12. The molecule has 5 nitrogen and oxygen atoms in total. The van der Waals surface area contributed by atoms with Gasteiger partial charge < -0.3 is 16.0 Å². The monoisotopic (exact) mass is 427 g/mol. The van der Waals surface area contributed by atoms with Crippen molar-refractivity contribution >= 4 is 50.7 Å². The van der Waals surface area contributed by atoms with Crippen molar-refractivity contribution in [1.29, 1.82) is 0 Å². The average molecular weight is 429 g/mol. The van der Waals surface area contributed by atoms with Gasteiger partial charge in [0.25, 0.3) is 0 Å². The van der Waals surface area contributed by atoms with Crippen molar-refractivity contribution < 1.29 is 14.0 Å². The Morgan fingerprint density at radius 2 is 1.84 bits per heavy atom. The van der Waals surface area contributed by atoms with Crippen LogP contribution in [0.2, 0.25) is 5.02 Å². The lowest BCUT2D eigenvalue weighted by Crippen LogP contribution is -2.36. The third-order valence-electron chi connectivity index (χ3n) is 3.28. The Labute approximate surface area is 158 Å². The van der Waals surface area contributed by atoms with E-state index in [0.717, 1.165) is 10.0 Å². The van der Waals surface area contributed by atoms with Crippen LogP contribution >= 0.6 is 27.5 Å². The van der Waals surface area contributed by atoms with E-state index in [9.17, 15) is 14.0 Å². The molecule has 2 aromatic rings. The van der Waals surface area contributed by atoms with Gasteiger partial charge in [0, 0.05) is 15.2 Å². The van der Waals surface area contributed by atoms with Crippen LogP contribution in [0.3, 0.4) is 0 Å². The van der Waals surface area contributed by atoms with Crippen LogP contribution in [0.15, 0.2) is 40.9 Å². The van der Waals surface area contributed by atoms with Crippen LogP contribution in [-0.4, -0.2) is 24.9 Å². The predicted molar refractivity (Wildman–Crippen MR) is 100 cm³/mol. The molecule has 0 heterocycles. The van der Waals surface area contributed by atoms with E-state index in [-0.39, 0.29) is 24.7 Å². The van der Waals surface area contributed by atoms with Crippen molar-refractivity contribution in [2.45, 2.75) is 6.92 Å². The van der Waals surface area contributed by atoms with Crippen molar-refractivity contribution in [2.75, 3.05) is 23.7 Å². The minimum absolute atomic E-state index is 0.123. The summed E-state index contributed by atoms with van der Waals surface area (Å²) in [5, 5.41) is 8.16. The van der Waals surface area contributed by atoms with Crippen molar-refractivity contribution in [2.24, 2.45) is 0 Å². The number of hydrogen-bond donors (Lipinski definition) is 3. The molecule has 0 saturated heterocycles. The van der Waals surface area contributed by atoms with Gasteiger partial charge in [-0.25, -0.2) is 4.39 Å². The van der Waals surface area contributed by atoms with Crippen molar-refractivity contribution in [3.8, 4) is 0 Å². The number of aryl methyl sites for hydroxylation is 1. The van der Waals surface area contributed by atoms with E-state index in [4.69, 9.17) is 11.6 Å². The van der Waals surface area contributed by atoms with E-state index in [1.165, 1.54) is 18.2 Å². The Hall–Kier alpha value is -2.12. The third kappa shape index (κ3) is 6.03. The van der Waals surface area contributed by atoms with Crippen LogP contribution in [0.4, 0.5) is 15.8 Å². The van der Waals surface area contributed by atoms with Crippen molar-refractivity contribution in [3.05, 3.63) is 57.3 Å². The van der Waals surface area contributed by atoms with Gasteiger partial charge in [-0.2, -0.15) is 0 Å². The molecule has 0 spiro atoms. The zero-order chi connectivity index (χ0) is 18.4. The van der Waals surface area contributed by atoms with Crippen LogP contribution in [0.1, 0.15) is 5.56 Å². The molecule has 0 aromatic heterocycles. The summed E-state index contributed by atoms with van der Waals surface area (Å²) in [5.74, 6) is -1.31. The van der Waals surface area contributed by atoms with Gasteiger partial charge in [-0.15, -0.1) is 0 Å². The minimum atomic E-state index is -0.513. The number of carbonyl (C=O) groups is 2. The molecule has 0 bridgehead atoms. The van der Waals surface area contributed by atoms with Crippen LogP contribution in [0, 0.1) is 12.7 Å². The normalized spacial score (nSPS) is 10.2. The SMILES string of the molecule is Cc1cc(Br)ccc1NC(=O)CNC(=O)CNc1cc(Cl)ccc1F. The second kappa shape index (κ2) is 8.82. The highest BCUT2D eigenvalue weighted by Gasteiger charge is 2.09. The summed E-state index contributed by atoms with van der Waals surface area (Å²) < 4.78 is 14.4. The Morgan fingerprint density at radius 1 is 1.08 bits per heavy atom. The number of nitrogens with one attached hydrogen (secondary N) is 3. The number of amides is 2. The molecular weight excluding hydrogens is 413 g/mol. The largest absolute Gasteiger partial charge is 0.374 e. The van der Waals surface area contributed by atoms with Gasteiger partial charge in [0.15, 0.2) is 0 Å². The first kappa shape index (κ1) is 19.2. The zero-order valence-electron chi connectivity index (χ0n) is 13.3. The van der Waals surface area contributed by atoms with E-state index < -0.39 is 11.7 Å². The standard InChI is InChI=1S/C17H16BrClFN3O2/c1-10-6-11(18)2-5-14(10)23-17(25)9-22-16(24)8-21-15-7-12(19)3-4-13(15)20/h2-7,21H,8-9H2,1H3,(H,22,24)(H,23,25). The van der Waals surface area contributed by atoms with Gasteiger partial charge in [0.1, 0.15) is 5.82 Å². The quantitative estimate of drug-likeness (QED) is 0.657. The Bertz CT molecular complexity index is 801. The van der Waals surface area contributed by atoms with Crippen molar-refractivity contribution in [1.82, 2.24) is 5.32 Å². The fourth-order valence-corrected chi connectivity index (χ4v) is 2.66. The maximum Gasteiger partial charge on any atom is 0.243 e. The van der Waals surface area contributed by atoms with Crippen LogP contribution in [0.5, 0.6) is 0 Å². The molecule has 0 atom stereocenters. The van der Waals surface area contributed by atoms with Gasteiger partial charge in [0.05, 0.1) is 18.8 Å². The van der Waals surface area contributed by atoms with Crippen molar-refractivity contribution in [3.63, 3.8) is 0 Å². The fraction of sp³-hybridized carbons (Fsp3) is 0.176. The molecule has 3 N–H and O–H groups in total. The van der Waals surface area contributed by atoms with Gasteiger partial charge >= 0.3 is 0 Å². The summed E-state index contributed by atoms with van der Waals surface area (Å²) in [6.45, 7) is 1.50. The first-order valence-electron chi connectivity index (χ1n) is 7.37. The van der Waals surface area contributed by atoms with E-state index in [2.05, 4.69) is 31.9 Å². The Kier molecular flexibility index (Phi) is 6.78. The lowest BCUT2D eigenvalue weighted by molar-refractivity contribution is -0.122. The molecule has 132 valence electrons. The summed E-state index contributed by atoms with van der Waals surface area (Å²) in [6, 6.07) is 9.45. The average Bonchev–Trinajstić information content (AvgIpc) is 2.56. The summed E-state index contributed by atoms with van der Waals surface area (Å²) in [5.41, 5.74) is 1.69. The molecule has 2 amide bonds. The highest BCUT2D eigenvalue weighted by Crippen LogP contribution is 2.20. The van der Waals surface area contributed by atoms with Gasteiger partial charge in [-0.1, -0.05) is 27.5 Å². The number of benzene rings is 2. The smallest absolute Gasteiger partial charge is 0.243 e. The summed E-state index contributed by atoms with van der Waals surface area (Å²) in [6.07, 6.45) is 0. The molecule has 2 rings (SSSR count). The first-order chi connectivity index (χ1) is 11.8. The Balaban J connectivity index is 1.79. The molecule has 0 saturated carbocycles. The third-order valence-corrected chi connectivity index (χ3v) is 4.00. The van der Waals surface area contributed by atoms with Gasteiger partial charge in [-0.05, 0) is 48.9 Å². The van der Waals surface area contributed by atoms with Crippen LogP contribution < -0.4 is 16.0 Å². The summed E-state index contributed by atoms with van der Waals surface area (Å²) in [4.78, 5) is 23.7. The topological polar surface area (TPSA) is 70.2 Å². The predicted octanol–water partition coefficient (Wildman–Crippen LogP) is 3.72. The molecule has 0 fully saturated rings. The minimum Gasteiger partial charge on any atom is -0.374 e. The van der Waals surface area contributed by atoms with Crippen LogP contribution in [0.25, 0.3) is 0 Å². The van der Waals surface area contributed by atoms with Gasteiger partial charge in [-0.3, -0.25) is 9.59 Å². The van der Waals surface area contributed by atoms with Crippen LogP contribution in [-0.2, 0) is 9.59 Å². The maximum atomic E-state index is 13.5.